The van der Waals surface area contributed by atoms with E-state index in [9.17, 15) is 0 Å². The molecule has 0 spiro atoms. The van der Waals surface area contributed by atoms with Gasteiger partial charge in [0.25, 0.3) is 0 Å². The first-order chi connectivity index (χ1) is 9.85. The van der Waals surface area contributed by atoms with Crippen LogP contribution in [0.2, 0.25) is 0 Å². The van der Waals surface area contributed by atoms with Crippen LogP contribution in [0, 0.1) is 0 Å². The van der Waals surface area contributed by atoms with Crippen LogP contribution in [-0.2, 0) is 4.74 Å². The van der Waals surface area contributed by atoms with Gasteiger partial charge in [-0.1, -0.05) is 6.07 Å². The van der Waals surface area contributed by atoms with Crippen molar-refractivity contribution in [3.8, 4) is 11.5 Å². The van der Waals surface area contributed by atoms with Crippen molar-refractivity contribution in [2.75, 3.05) is 12.4 Å². The lowest BCUT2D eigenvalue weighted by atomic mass is 9.92. The van der Waals surface area contributed by atoms with Gasteiger partial charge in [0, 0.05) is 24.4 Å². The number of nitrogens with one attached hydrogen (secondary N) is 1. The average molecular weight is 273 g/mol. The third-order valence-corrected chi connectivity index (χ3v) is 3.80. The minimum absolute atomic E-state index is 0.375. The van der Waals surface area contributed by atoms with E-state index in [0.29, 0.717) is 18.0 Å². The highest BCUT2D eigenvalue weighted by Crippen LogP contribution is 2.26. The molecule has 0 bridgehead atoms. The van der Waals surface area contributed by atoms with Gasteiger partial charge in [0.05, 0.1) is 6.10 Å². The van der Waals surface area contributed by atoms with Gasteiger partial charge in [0.1, 0.15) is 0 Å². The molecule has 2 aromatic rings. The molecule has 1 aromatic carbocycles. The Morgan fingerprint density at radius 3 is 3.10 bits per heavy atom. The maximum absolute atomic E-state index is 5.47. The Hall–Kier alpha value is -1.88. The van der Waals surface area contributed by atoms with Crippen LogP contribution in [0.3, 0.4) is 0 Å². The van der Waals surface area contributed by atoms with E-state index in [0.717, 1.165) is 24.1 Å². The second kappa shape index (κ2) is 6.05. The number of aromatic nitrogens is 2. The SMILES string of the molecule is COC1CCCC(Nc2cccc(-c3nnco3)c2)C1. The number of nitrogens with zero attached hydrogens (tertiary/aromatic N) is 2. The van der Waals surface area contributed by atoms with Gasteiger partial charge in [-0.15, -0.1) is 10.2 Å². The largest absolute Gasteiger partial charge is 0.423 e. The summed E-state index contributed by atoms with van der Waals surface area (Å²) in [4.78, 5) is 0. The van der Waals surface area contributed by atoms with Crippen molar-refractivity contribution in [3.63, 3.8) is 0 Å². The predicted octanol–water partition coefficient (Wildman–Crippen LogP) is 3.11. The molecule has 1 fully saturated rings. The molecule has 0 saturated heterocycles. The number of methoxy groups -OCH3 is 1. The van der Waals surface area contributed by atoms with E-state index < -0.39 is 0 Å². The highest BCUT2D eigenvalue weighted by atomic mass is 16.5. The molecule has 2 unspecified atom stereocenters. The fourth-order valence-corrected chi connectivity index (χ4v) is 2.77. The van der Waals surface area contributed by atoms with Crippen molar-refractivity contribution >= 4 is 5.69 Å². The molecule has 0 aliphatic heterocycles. The molecule has 3 rings (SSSR count). The van der Waals surface area contributed by atoms with Gasteiger partial charge in [0.2, 0.25) is 12.3 Å². The van der Waals surface area contributed by atoms with Crippen LogP contribution >= 0.6 is 0 Å². The number of hydrogen-bond acceptors (Lipinski definition) is 5. The fourth-order valence-electron chi connectivity index (χ4n) is 2.77. The zero-order valence-corrected chi connectivity index (χ0v) is 11.6. The normalized spacial score (nSPS) is 22.6. The summed E-state index contributed by atoms with van der Waals surface area (Å²) in [6.07, 6.45) is 6.34. The van der Waals surface area contributed by atoms with Gasteiger partial charge >= 0.3 is 0 Å². The Balaban J connectivity index is 1.70. The van der Waals surface area contributed by atoms with Crippen LogP contribution in [0.25, 0.3) is 11.5 Å². The van der Waals surface area contributed by atoms with E-state index in [1.165, 1.54) is 19.2 Å². The summed E-state index contributed by atoms with van der Waals surface area (Å²) in [7, 11) is 1.79. The molecule has 0 radical (unpaired) electrons. The standard InChI is InChI=1S/C15H19N3O2/c1-19-14-7-3-6-13(9-14)17-12-5-2-4-11(8-12)15-18-16-10-20-15/h2,4-5,8,10,13-14,17H,3,6-7,9H2,1H3. The van der Waals surface area contributed by atoms with Gasteiger partial charge in [-0.2, -0.15) is 0 Å². The third kappa shape index (κ3) is 2.99. The van der Waals surface area contributed by atoms with E-state index >= 15 is 0 Å². The summed E-state index contributed by atoms with van der Waals surface area (Å²) in [5.74, 6) is 0.548. The maximum atomic E-state index is 5.47. The first-order valence-corrected chi connectivity index (χ1v) is 7.01. The zero-order valence-electron chi connectivity index (χ0n) is 11.6. The molecule has 1 heterocycles. The molecule has 106 valence electrons. The van der Waals surface area contributed by atoms with E-state index in [1.54, 1.807) is 7.11 Å². The van der Waals surface area contributed by atoms with Crippen molar-refractivity contribution in [1.29, 1.82) is 0 Å². The molecule has 20 heavy (non-hydrogen) atoms. The van der Waals surface area contributed by atoms with Crippen molar-refractivity contribution in [1.82, 2.24) is 10.2 Å². The molecule has 1 aliphatic rings. The van der Waals surface area contributed by atoms with Gasteiger partial charge in [-0.3, -0.25) is 0 Å². The number of hydrogen-bond donors (Lipinski definition) is 1. The summed E-state index contributed by atoms with van der Waals surface area (Å²) < 4.78 is 10.7. The highest BCUT2D eigenvalue weighted by Gasteiger charge is 2.21. The zero-order chi connectivity index (χ0) is 13.8. The lowest BCUT2D eigenvalue weighted by Crippen LogP contribution is -2.30. The van der Waals surface area contributed by atoms with Crippen molar-refractivity contribution in [2.45, 2.75) is 37.8 Å². The Morgan fingerprint density at radius 2 is 2.30 bits per heavy atom. The predicted molar refractivity (Wildman–Crippen MR) is 76.4 cm³/mol. The molecular formula is C15H19N3O2. The van der Waals surface area contributed by atoms with Crippen molar-refractivity contribution in [2.24, 2.45) is 0 Å². The first-order valence-electron chi connectivity index (χ1n) is 7.01. The van der Waals surface area contributed by atoms with Gasteiger partial charge < -0.3 is 14.5 Å². The summed E-state index contributed by atoms with van der Waals surface area (Å²) in [5.41, 5.74) is 2.02. The van der Waals surface area contributed by atoms with Gasteiger partial charge in [-0.05, 0) is 43.9 Å². The summed E-state index contributed by atoms with van der Waals surface area (Å²) >= 11 is 0. The molecule has 1 aliphatic carbocycles. The number of anilines is 1. The second-order valence-electron chi connectivity index (χ2n) is 5.19. The molecule has 5 heteroatoms. The molecule has 5 nitrogen and oxygen atoms in total. The third-order valence-electron chi connectivity index (χ3n) is 3.80. The second-order valence-corrected chi connectivity index (χ2v) is 5.19. The van der Waals surface area contributed by atoms with Gasteiger partial charge in [0.15, 0.2) is 0 Å². The molecule has 2 atom stereocenters. The number of benzene rings is 1. The van der Waals surface area contributed by atoms with Crippen LogP contribution in [-0.4, -0.2) is 29.5 Å². The quantitative estimate of drug-likeness (QED) is 0.927. The minimum atomic E-state index is 0.375. The van der Waals surface area contributed by atoms with Crippen LogP contribution in [0.5, 0.6) is 0 Å². The van der Waals surface area contributed by atoms with Crippen molar-refractivity contribution in [3.05, 3.63) is 30.7 Å². The smallest absolute Gasteiger partial charge is 0.247 e. The van der Waals surface area contributed by atoms with Crippen LogP contribution in [0.1, 0.15) is 25.7 Å². The highest BCUT2D eigenvalue weighted by molar-refractivity contribution is 5.61. The molecule has 1 aromatic heterocycles. The Labute approximate surface area is 118 Å². The van der Waals surface area contributed by atoms with E-state index in [-0.39, 0.29) is 0 Å². The Kier molecular flexibility index (Phi) is 3.97. The minimum Gasteiger partial charge on any atom is -0.423 e. The Bertz CT molecular complexity index is 542. The maximum Gasteiger partial charge on any atom is 0.247 e. The van der Waals surface area contributed by atoms with Crippen LogP contribution < -0.4 is 5.32 Å². The molecular weight excluding hydrogens is 254 g/mol. The lowest BCUT2D eigenvalue weighted by molar-refractivity contribution is 0.0669. The van der Waals surface area contributed by atoms with Gasteiger partial charge in [-0.25, -0.2) is 0 Å². The first kappa shape index (κ1) is 13.1. The number of ether oxygens (including phenoxy) is 1. The van der Waals surface area contributed by atoms with Crippen molar-refractivity contribution < 1.29 is 9.15 Å². The van der Waals surface area contributed by atoms with E-state index in [1.807, 2.05) is 18.2 Å². The lowest BCUT2D eigenvalue weighted by Gasteiger charge is -2.29. The van der Waals surface area contributed by atoms with Crippen LogP contribution in [0.4, 0.5) is 5.69 Å². The molecule has 0 amide bonds. The average Bonchev–Trinajstić information content (AvgIpc) is 3.02. The fraction of sp³-hybridized carbons (Fsp3) is 0.467. The van der Waals surface area contributed by atoms with E-state index in [2.05, 4.69) is 21.6 Å². The summed E-state index contributed by atoms with van der Waals surface area (Å²) in [6.45, 7) is 0. The monoisotopic (exact) mass is 273 g/mol. The van der Waals surface area contributed by atoms with Crippen LogP contribution in [0.15, 0.2) is 35.1 Å². The molecule has 1 N–H and O–H groups in total. The summed E-state index contributed by atoms with van der Waals surface area (Å²) in [5, 5.41) is 11.2. The molecule has 1 saturated carbocycles. The van der Waals surface area contributed by atoms with E-state index in [4.69, 9.17) is 9.15 Å². The topological polar surface area (TPSA) is 60.2 Å². The number of rotatable bonds is 4. The summed E-state index contributed by atoms with van der Waals surface area (Å²) in [6, 6.07) is 8.54. The Morgan fingerprint density at radius 1 is 1.35 bits per heavy atom.